The Morgan fingerprint density at radius 3 is 2.72 bits per heavy atom. The topological polar surface area (TPSA) is 48.5 Å². The molecule has 0 aromatic carbocycles. The van der Waals surface area contributed by atoms with Crippen molar-refractivity contribution in [2.24, 2.45) is 0 Å². The van der Waals surface area contributed by atoms with Crippen LogP contribution in [0, 0.1) is 0 Å². The van der Waals surface area contributed by atoms with Crippen LogP contribution in [0.5, 0.6) is 0 Å². The van der Waals surface area contributed by atoms with Gasteiger partial charge in [-0.2, -0.15) is 0 Å². The average Bonchev–Trinajstić information content (AvgIpc) is 3.13. The minimum Gasteiger partial charge on any atom is -0.380 e. The van der Waals surface area contributed by atoms with E-state index in [9.17, 15) is 4.79 Å². The highest BCUT2D eigenvalue weighted by Gasteiger charge is 2.22. The Balaban J connectivity index is 1.59. The summed E-state index contributed by atoms with van der Waals surface area (Å²) in [5, 5.41) is 5.46. The van der Waals surface area contributed by atoms with Crippen molar-refractivity contribution in [2.45, 2.75) is 19.9 Å². The fourth-order valence-corrected chi connectivity index (χ4v) is 3.47. The molecule has 0 atom stereocenters. The van der Waals surface area contributed by atoms with Crippen LogP contribution in [0.1, 0.15) is 18.7 Å². The van der Waals surface area contributed by atoms with Gasteiger partial charge in [-0.05, 0) is 43.5 Å². The van der Waals surface area contributed by atoms with E-state index in [2.05, 4.69) is 35.1 Å². The molecule has 1 N–H and O–H groups in total. The van der Waals surface area contributed by atoms with Crippen LogP contribution in [0.15, 0.2) is 41.9 Å². The largest absolute Gasteiger partial charge is 0.380 e. The van der Waals surface area contributed by atoms with E-state index in [1.807, 2.05) is 40.8 Å². The van der Waals surface area contributed by atoms with Crippen molar-refractivity contribution in [1.29, 1.82) is 0 Å². The molecule has 0 aliphatic carbocycles. The van der Waals surface area contributed by atoms with Gasteiger partial charge in [0.05, 0.1) is 5.69 Å². The molecule has 132 valence electrons. The third kappa shape index (κ3) is 4.60. The Hall–Kier alpha value is -2.34. The first kappa shape index (κ1) is 17.5. The van der Waals surface area contributed by atoms with Gasteiger partial charge in [-0.25, -0.2) is 4.98 Å². The van der Waals surface area contributed by atoms with Crippen molar-refractivity contribution in [1.82, 2.24) is 9.88 Å². The molecule has 0 bridgehead atoms. The van der Waals surface area contributed by atoms with Crippen LogP contribution in [0.25, 0.3) is 6.08 Å². The lowest BCUT2D eigenvalue weighted by atomic mass is 10.2. The molecule has 0 radical (unpaired) electrons. The van der Waals surface area contributed by atoms with Crippen LogP contribution < -0.4 is 10.2 Å². The number of piperazine rings is 1. The number of amides is 1. The molecule has 1 aliphatic rings. The van der Waals surface area contributed by atoms with Gasteiger partial charge in [-0.15, -0.1) is 11.3 Å². The van der Waals surface area contributed by atoms with Crippen molar-refractivity contribution < 1.29 is 4.79 Å². The van der Waals surface area contributed by atoms with Gasteiger partial charge in [-0.3, -0.25) is 4.79 Å². The highest BCUT2D eigenvalue weighted by molar-refractivity contribution is 7.10. The summed E-state index contributed by atoms with van der Waals surface area (Å²) in [5.74, 6) is 1.05. The number of aromatic nitrogens is 1. The predicted octanol–water partition coefficient (Wildman–Crippen LogP) is 3.33. The van der Waals surface area contributed by atoms with E-state index < -0.39 is 0 Å². The maximum absolute atomic E-state index is 12.3. The molecule has 0 saturated carbocycles. The van der Waals surface area contributed by atoms with Crippen LogP contribution in [0.2, 0.25) is 0 Å². The van der Waals surface area contributed by atoms with Crippen LogP contribution in [-0.2, 0) is 4.79 Å². The fourth-order valence-electron chi connectivity index (χ4n) is 2.86. The minimum absolute atomic E-state index is 0.0783. The van der Waals surface area contributed by atoms with Gasteiger partial charge >= 0.3 is 0 Å². The van der Waals surface area contributed by atoms with E-state index in [1.54, 1.807) is 17.4 Å². The molecular weight excluding hydrogens is 332 g/mol. The lowest BCUT2D eigenvalue weighted by molar-refractivity contribution is -0.126. The van der Waals surface area contributed by atoms with Crippen molar-refractivity contribution >= 4 is 34.8 Å². The van der Waals surface area contributed by atoms with E-state index in [1.165, 1.54) is 0 Å². The third-order valence-corrected chi connectivity index (χ3v) is 4.89. The lowest BCUT2D eigenvalue weighted by Gasteiger charge is -2.36. The van der Waals surface area contributed by atoms with Crippen molar-refractivity contribution in [3.63, 3.8) is 0 Å². The SMILES string of the molecule is CC(C)Nc1cccnc1N1CCN(C(=O)/C=C/c2cccs2)CC1. The molecule has 25 heavy (non-hydrogen) atoms. The Morgan fingerprint density at radius 1 is 1.24 bits per heavy atom. The summed E-state index contributed by atoms with van der Waals surface area (Å²) in [6, 6.07) is 8.36. The lowest BCUT2D eigenvalue weighted by Crippen LogP contribution is -2.48. The summed E-state index contributed by atoms with van der Waals surface area (Å²) < 4.78 is 0. The second-order valence-electron chi connectivity index (χ2n) is 6.33. The number of nitrogens with one attached hydrogen (secondary N) is 1. The Bertz CT molecular complexity index is 719. The number of nitrogens with zero attached hydrogens (tertiary/aromatic N) is 3. The summed E-state index contributed by atoms with van der Waals surface area (Å²) in [5.41, 5.74) is 1.05. The van der Waals surface area contributed by atoms with Crippen molar-refractivity contribution in [2.75, 3.05) is 36.4 Å². The standard InChI is InChI=1S/C19H24N4OS/c1-15(2)21-17-6-3-9-20-19(17)23-12-10-22(11-13-23)18(24)8-7-16-5-4-14-25-16/h3-9,14-15,21H,10-13H2,1-2H3/b8-7+. The highest BCUT2D eigenvalue weighted by Crippen LogP contribution is 2.24. The van der Waals surface area contributed by atoms with Crippen molar-refractivity contribution in [3.05, 3.63) is 46.8 Å². The maximum Gasteiger partial charge on any atom is 0.246 e. The monoisotopic (exact) mass is 356 g/mol. The molecule has 1 aliphatic heterocycles. The van der Waals surface area contributed by atoms with Gasteiger partial charge in [0, 0.05) is 49.4 Å². The Kier molecular flexibility index (Phi) is 5.71. The summed E-state index contributed by atoms with van der Waals surface area (Å²) in [6.07, 6.45) is 5.39. The van der Waals surface area contributed by atoms with E-state index in [0.717, 1.165) is 29.5 Å². The van der Waals surface area contributed by atoms with Crippen LogP contribution in [0.3, 0.4) is 0 Å². The molecule has 0 spiro atoms. The molecule has 2 aromatic heterocycles. The minimum atomic E-state index is 0.0783. The van der Waals surface area contributed by atoms with Gasteiger partial charge in [-0.1, -0.05) is 6.07 Å². The number of hydrogen-bond acceptors (Lipinski definition) is 5. The highest BCUT2D eigenvalue weighted by atomic mass is 32.1. The number of carbonyl (C=O) groups excluding carboxylic acids is 1. The van der Waals surface area contributed by atoms with Crippen LogP contribution >= 0.6 is 11.3 Å². The average molecular weight is 356 g/mol. The molecule has 0 unspecified atom stereocenters. The van der Waals surface area contributed by atoms with E-state index >= 15 is 0 Å². The van der Waals surface area contributed by atoms with E-state index in [-0.39, 0.29) is 5.91 Å². The first-order valence-electron chi connectivity index (χ1n) is 8.60. The second-order valence-corrected chi connectivity index (χ2v) is 7.31. The van der Waals surface area contributed by atoms with Gasteiger partial charge in [0.2, 0.25) is 5.91 Å². The first-order chi connectivity index (χ1) is 12.1. The normalized spacial score (nSPS) is 15.2. The number of thiophene rings is 1. The fraction of sp³-hybridized carbons (Fsp3) is 0.368. The summed E-state index contributed by atoms with van der Waals surface area (Å²) in [6.45, 7) is 7.25. The molecule has 3 rings (SSSR count). The molecule has 6 heteroatoms. The quantitative estimate of drug-likeness (QED) is 0.835. The number of rotatable bonds is 5. The molecule has 3 heterocycles. The molecule has 5 nitrogen and oxygen atoms in total. The molecular formula is C19H24N4OS. The molecule has 1 fully saturated rings. The van der Waals surface area contributed by atoms with E-state index in [0.29, 0.717) is 19.1 Å². The number of hydrogen-bond donors (Lipinski definition) is 1. The summed E-state index contributed by atoms with van der Waals surface area (Å²) in [7, 11) is 0. The molecule has 2 aromatic rings. The van der Waals surface area contributed by atoms with Crippen LogP contribution in [0.4, 0.5) is 11.5 Å². The van der Waals surface area contributed by atoms with E-state index in [4.69, 9.17) is 0 Å². The van der Waals surface area contributed by atoms with Gasteiger partial charge in [0.1, 0.15) is 0 Å². The summed E-state index contributed by atoms with van der Waals surface area (Å²) >= 11 is 1.63. The smallest absolute Gasteiger partial charge is 0.246 e. The van der Waals surface area contributed by atoms with Crippen molar-refractivity contribution in [3.8, 4) is 0 Å². The van der Waals surface area contributed by atoms with Gasteiger partial charge in [0.15, 0.2) is 5.82 Å². The first-order valence-corrected chi connectivity index (χ1v) is 9.48. The predicted molar refractivity (Wildman–Crippen MR) is 105 cm³/mol. The number of carbonyl (C=O) groups is 1. The zero-order chi connectivity index (χ0) is 17.6. The number of pyridine rings is 1. The Morgan fingerprint density at radius 2 is 2.04 bits per heavy atom. The molecule has 1 saturated heterocycles. The second kappa shape index (κ2) is 8.16. The van der Waals surface area contributed by atoms with Gasteiger partial charge in [0.25, 0.3) is 0 Å². The Labute approximate surface area is 153 Å². The molecule has 1 amide bonds. The number of anilines is 2. The van der Waals surface area contributed by atoms with Crippen LogP contribution in [-0.4, -0.2) is 48.0 Å². The zero-order valence-electron chi connectivity index (χ0n) is 14.7. The van der Waals surface area contributed by atoms with Gasteiger partial charge < -0.3 is 15.1 Å². The third-order valence-electron chi connectivity index (χ3n) is 4.06. The maximum atomic E-state index is 12.3. The zero-order valence-corrected chi connectivity index (χ0v) is 15.5. The summed E-state index contributed by atoms with van der Waals surface area (Å²) in [4.78, 5) is 22.1.